The molecule has 0 radical (unpaired) electrons. The first-order valence-corrected chi connectivity index (χ1v) is 10.2. The summed E-state index contributed by atoms with van der Waals surface area (Å²) in [7, 11) is 0. The summed E-state index contributed by atoms with van der Waals surface area (Å²) < 4.78 is 7.70. The van der Waals surface area contributed by atoms with Crippen LogP contribution in [-0.4, -0.2) is 36.8 Å². The second-order valence-electron chi connectivity index (χ2n) is 7.58. The van der Waals surface area contributed by atoms with Crippen molar-refractivity contribution in [3.63, 3.8) is 0 Å². The van der Waals surface area contributed by atoms with E-state index in [-0.39, 0.29) is 6.10 Å². The van der Waals surface area contributed by atoms with E-state index in [1.165, 1.54) is 0 Å². The second-order valence-corrected chi connectivity index (χ2v) is 7.58. The van der Waals surface area contributed by atoms with E-state index in [1.54, 1.807) is 6.20 Å². The third kappa shape index (κ3) is 3.97. The second kappa shape index (κ2) is 8.12. The maximum atomic E-state index is 9.71. The van der Waals surface area contributed by atoms with E-state index in [4.69, 9.17) is 9.84 Å². The minimum absolute atomic E-state index is 0.169. The van der Waals surface area contributed by atoms with Crippen molar-refractivity contribution in [2.75, 3.05) is 5.32 Å². The van der Waals surface area contributed by atoms with Crippen LogP contribution in [0.2, 0.25) is 0 Å². The Labute approximate surface area is 174 Å². The van der Waals surface area contributed by atoms with Crippen LogP contribution in [-0.2, 0) is 0 Å². The van der Waals surface area contributed by atoms with Gasteiger partial charge in [-0.3, -0.25) is 0 Å². The van der Waals surface area contributed by atoms with Gasteiger partial charge in [-0.25, -0.2) is 14.5 Å². The van der Waals surface area contributed by atoms with Crippen molar-refractivity contribution in [1.82, 2.24) is 19.6 Å². The molecule has 0 amide bonds. The fourth-order valence-corrected chi connectivity index (χ4v) is 3.81. The van der Waals surface area contributed by atoms with Gasteiger partial charge in [0.15, 0.2) is 5.65 Å². The van der Waals surface area contributed by atoms with Crippen LogP contribution < -0.4 is 10.1 Å². The molecule has 1 aromatic carbocycles. The number of rotatable bonds is 5. The lowest BCUT2D eigenvalue weighted by molar-refractivity contribution is 0.126. The maximum absolute atomic E-state index is 9.71. The Morgan fingerprint density at radius 2 is 1.80 bits per heavy atom. The van der Waals surface area contributed by atoms with Crippen LogP contribution in [0.25, 0.3) is 16.9 Å². The molecule has 0 spiro atoms. The highest BCUT2D eigenvalue weighted by Gasteiger charge is 2.20. The summed E-state index contributed by atoms with van der Waals surface area (Å²) in [4.78, 5) is 8.81. The number of aliphatic hydroxyl groups is 1. The standard InChI is InChI=1S/C23H23N5O2/c29-18-8-6-17(7-9-18)26-21-10-11-22-25-15-20(28(22)27-21)16-12-13-24-23(14-16)30-19-4-2-1-3-5-19/h1-5,10-15,17-18,29H,6-9H2,(H,26,27)/t17-,18-. The van der Waals surface area contributed by atoms with Crippen LogP contribution in [0.5, 0.6) is 11.6 Å². The van der Waals surface area contributed by atoms with Crippen molar-refractivity contribution in [2.45, 2.75) is 37.8 Å². The normalized spacial score (nSPS) is 19.0. The fraction of sp³-hybridized carbons (Fsp3) is 0.261. The lowest BCUT2D eigenvalue weighted by Gasteiger charge is -2.26. The van der Waals surface area contributed by atoms with Crippen molar-refractivity contribution < 1.29 is 9.84 Å². The molecule has 0 bridgehead atoms. The van der Waals surface area contributed by atoms with E-state index in [2.05, 4.69) is 15.3 Å². The van der Waals surface area contributed by atoms with Gasteiger partial charge in [-0.15, -0.1) is 5.10 Å². The smallest absolute Gasteiger partial charge is 0.219 e. The predicted molar refractivity (Wildman–Crippen MR) is 115 cm³/mol. The molecule has 1 aliphatic rings. The number of nitrogens with one attached hydrogen (secondary N) is 1. The van der Waals surface area contributed by atoms with Crippen LogP contribution in [0.3, 0.4) is 0 Å². The minimum Gasteiger partial charge on any atom is -0.439 e. The number of aromatic nitrogens is 4. The lowest BCUT2D eigenvalue weighted by atomic mass is 9.93. The summed E-state index contributed by atoms with van der Waals surface area (Å²) in [6, 6.07) is 17.6. The number of hydrogen-bond acceptors (Lipinski definition) is 6. The molecule has 1 aliphatic carbocycles. The zero-order chi connectivity index (χ0) is 20.3. The van der Waals surface area contributed by atoms with Gasteiger partial charge in [0.2, 0.25) is 5.88 Å². The molecule has 7 nitrogen and oxygen atoms in total. The Morgan fingerprint density at radius 3 is 2.63 bits per heavy atom. The Morgan fingerprint density at radius 1 is 0.967 bits per heavy atom. The highest BCUT2D eigenvalue weighted by atomic mass is 16.5. The molecule has 4 aromatic rings. The number of aliphatic hydroxyl groups excluding tert-OH is 1. The molecular formula is C23H23N5O2. The maximum Gasteiger partial charge on any atom is 0.219 e. The molecular weight excluding hydrogens is 378 g/mol. The van der Waals surface area contributed by atoms with Gasteiger partial charge >= 0.3 is 0 Å². The average Bonchev–Trinajstić information content (AvgIpc) is 3.20. The average molecular weight is 401 g/mol. The van der Waals surface area contributed by atoms with E-state index in [9.17, 15) is 5.11 Å². The monoisotopic (exact) mass is 401 g/mol. The summed E-state index contributed by atoms with van der Waals surface area (Å²) in [5.41, 5.74) is 2.57. The Hall–Kier alpha value is -3.45. The van der Waals surface area contributed by atoms with Crippen molar-refractivity contribution >= 4 is 11.5 Å². The summed E-state index contributed by atoms with van der Waals surface area (Å²) in [6.45, 7) is 0. The summed E-state index contributed by atoms with van der Waals surface area (Å²) in [5, 5.41) is 18.0. The third-order valence-electron chi connectivity index (χ3n) is 5.41. The molecule has 152 valence electrons. The zero-order valence-corrected chi connectivity index (χ0v) is 16.5. The molecule has 0 saturated heterocycles. The summed E-state index contributed by atoms with van der Waals surface area (Å²) >= 11 is 0. The summed E-state index contributed by atoms with van der Waals surface area (Å²) in [5.74, 6) is 2.06. The molecule has 0 aliphatic heterocycles. The Bertz CT molecular complexity index is 1140. The number of pyridine rings is 1. The van der Waals surface area contributed by atoms with Crippen molar-refractivity contribution in [2.24, 2.45) is 0 Å². The molecule has 5 rings (SSSR count). The third-order valence-corrected chi connectivity index (χ3v) is 5.41. The van der Waals surface area contributed by atoms with Crippen LogP contribution in [0.4, 0.5) is 5.82 Å². The largest absolute Gasteiger partial charge is 0.439 e. The van der Waals surface area contributed by atoms with E-state index < -0.39 is 0 Å². The number of fused-ring (bicyclic) bond motifs is 1. The molecule has 0 atom stereocenters. The topological polar surface area (TPSA) is 84.6 Å². The quantitative estimate of drug-likeness (QED) is 0.519. The minimum atomic E-state index is -0.169. The number of nitrogens with zero attached hydrogens (tertiary/aromatic N) is 4. The van der Waals surface area contributed by atoms with Crippen LogP contribution >= 0.6 is 0 Å². The van der Waals surface area contributed by atoms with Gasteiger partial charge in [-0.1, -0.05) is 18.2 Å². The Balaban J connectivity index is 1.41. The first-order chi connectivity index (χ1) is 14.7. The first-order valence-electron chi connectivity index (χ1n) is 10.2. The van der Waals surface area contributed by atoms with Gasteiger partial charge in [-0.2, -0.15) is 0 Å². The molecule has 1 saturated carbocycles. The Kier molecular flexibility index (Phi) is 5.03. The molecule has 3 aromatic heterocycles. The van der Waals surface area contributed by atoms with E-state index in [0.717, 1.165) is 54.2 Å². The molecule has 30 heavy (non-hydrogen) atoms. The number of imidazole rings is 1. The van der Waals surface area contributed by atoms with Gasteiger partial charge in [0, 0.05) is 23.9 Å². The highest BCUT2D eigenvalue weighted by molar-refractivity contribution is 5.64. The van der Waals surface area contributed by atoms with E-state index >= 15 is 0 Å². The number of para-hydroxylation sites is 1. The number of anilines is 1. The van der Waals surface area contributed by atoms with Gasteiger partial charge in [0.1, 0.15) is 11.6 Å². The summed E-state index contributed by atoms with van der Waals surface area (Å²) in [6.07, 6.45) is 6.92. The van der Waals surface area contributed by atoms with E-state index in [1.807, 2.05) is 65.3 Å². The van der Waals surface area contributed by atoms with Crippen LogP contribution in [0.1, 0.15) is 25.7 Å². The van der Waals surface area contributed by atoms with Crippen LogP contribution in [0, 0.1) is 0 Å². The van der Waals surface area contributed by atoms with Gasteiger partial charge in [-0.05, 0) is 56.0 Å². The number of ether oxygens (including phenoxy) is 1. The predicted octanol–water partition coefficient (Wildman–Crippen LogP) is 4.30. The van der Waals surface area contributed by atoms with Gasteiger partial charge in [0.25, 0.3) is 0 Å². The van der Waals surface area contributed by atoms with Gasteiger partial charge < -0.3 is 15.2 Å². The van der Waals surface area contributed by atoms with Crippen molar-refractivity contribution in [3.8, 4) is 22.9 Å². The van der Waals surface area contributed by atoms with Crippen molar-refractivity contribution in [3.05, 3.63) is 67.0 Å². The number of hydrogen-bond donors (Lipinski definition) is 2. The molecule has 2 N–H and O–H groups in total. The lowest BCUT2D eigenvalue weighted by Crippen LogP contribution is -2.28. The van der Waals surface area contributed by atoms with Gasteiger partial charge in [0.05, 0.1) is 18.0 Å². The molecule has 7 heteroatoms. The van der Waals surface area contributed by atoms with E-state index in [0.29, 0.717) is 11.9 Å². The SMILES string of the molecule is O[C@H]1CC[C@H](Nc2ccc3ncc(-c4ccnc(Oc5ccccc5)c4)n3n2)CC1. The highest BCUT2D eigenvalue weighted by Crippen LogP contribution is 2.27. The zero-order valence-electron chi connectivity index (χ0n) is 16.5. The molecule has 1 fully saturated rings. The van der Waals surface area contributed by atoms with Crippen molar-refractivity contribution in [1.29, 1.82) is 0 Å². The van der Waals surface area contributed by atoms with Crippen LogP contribution in [0.15, 0.2) is 67.0 Å². The first kappa shape index (κ1) is 18.6. The number of benzene rings is 1. The fourth-order valence-electron chi connectivity index (χ4n) is 3.81. The molecule has 3 heterocycles. The molecule has 0 unspecified atom stereocenters.